The van der Waals surface area contributed by atoms with Crippen LogP contribution in [0.3, 0.4) is 0 Å². The van der Waals surface area contributed by atoms with Crippen LogP contribution in [-0.4, -0.2) is 24.0 Å². The average molecular weight is 319 g/mol. The summed E-state index contributed by atoms with van der Waals surface area (Å²) in [4.78, 5) is 11.6. The van der Waals surface area contributed by atoms with E-state index in [4.69, 9.17) is 4.74 Å². The van der Waals surface area contributed by atoms with E-state index in [0.29, 0.717) is 12.1 Å². The van der Waals surface area contributed by atoms with Crippen LogP contribution in [0.1, 0.15) is 15.9 Å². The van der Waals surface area contributed by atoms with Crippen LogP contribution < -0.4 is 10.1 Å². The van der Waals surface area contributed by atoms with Gasteiger partial charge in [-0.25, -0.2) is 0 Å². The van der Waals surface area contributed by atoms with Gasteiger partial charge in [-0.3, -0.25) is 4.79 Å². The lowest BCUT2D eigenvalue weighted by molar-refractivity contribution is 0.0956. The van der Waals surface area contributed by atoms with Crippen molar-refractivity contribution in [3.8, 4) is 5.75 Å². The zero-order valence-corrected chi connectivity index (χ0v) is 11.0. The maximum absolute atomic E-state index is 11.6. The van der Waals surface area contributed by atoms with E-state index in [-0.39, 0.29) is 5.91 Å². The van der Waals surface area contributed by atoms with Gasteiger partial charge in [-0.15, -0.1) is 0 Å². The minimum atomic E-state index is -0.0510. The number of hydrogen-bond acceptors (Lipinski definition) is 2. The number of rotatable bonds is 4. The van der Waals surface area contributed by atoms with E-state index in [1.165, 1.54) is 0 Å². The molecule has 1 rings (SSSR count). The predicted molar refractivity (Wildman–Crippen MR) is 69.0 cm³/mol. The molecule has 0 aliphatic carbocycles. The van der Waals surface area contributed by atoms with Gasteiger partial charge in [0.1, 0.15) is 5.75 Å². The number of aryl methyl sites for hydroxylation is 1. The molecule has 0 heterocycles. The molecule has 0 radical (unpaired) electrons. The number of halogens is 1. The quantitative estimate of drug-likeness (QED) is 0.682. The van der Waals surface area contributed by atoms with Gasteiger partial charge in [0.25, 0.3) is 5.91 Å². The Hall–Kier alpha value is -0.780. The standard InChI is InChI=1S/C11H14INO2/c1-8-3-4-9(7-10(8)15-2)11(14)13-6-5-12/h3-4,7H,5-6H2,1-2H3,(H,13,14). The van der Waals surface area contributed by atoms with Crippen molar-refractivity contribution in [2.24, 2.45) is 0 Å². The molecule has 15 heavy (non-hydrogen) atoms. The largest absolute Gasteiger partial charge is 0.496 e. The first kappa shape index (κ1) is 12.3. The Kier molecular flexibility index (Phi) is 4.87. The highest BCUT2D eigenvalue weighted by molar-refractivity contribution is 14.1. The summed E-state index contributed by atoms with van der Waals surface area (Å²) in [5.41, 5.74) is 1.67. The smallest absolute Gasteiger partial charge is 0.251 e. The first-order valence-corrected chi connectivity index (χ1v) is 6.20. The van der Waals surface area contributed by atoms with Crippen molar-refractivity contribution in [3.05, 3.63) is 29.3 Å². The molecule has 1 amide bonds. The Morgan fingerprint density at radius 3 is 2.87 bits per heavy atom. The molecule has 0 atom stereocenters. The molecule has 0 aromatic heterocycles. The third-order valence-electron chi connectivity index (χ3n) is 2.05. The van der Waals surface area contributed by atoms with Crippen LogP contribution in [0.2, 0.25) is 0 Å². The summed E-state index contributed by atoms with van der Waals surface area (Å²) in [5, 5.41) is 2.82. The first-order valence-electron chi connectivity index (χ1n) is 4.68. The van der Waals surface area contributed by atoms with Crippen LogP contribution in [0.4, 0.5) is 0 Å². The normalized spacial score (nSPS) is 9.80. The number of amides is 1. The van der Waals surface area contributed by atoms with Crippen LogP contribution in [-0.2, 0) is 0 Å². The molecule has 0 fully saturated rings. The van der Waals surface area contributed by atoms with E-state index < -0.39 is 0 Å². The zero-order valence-electron chi connectivity index (χ0n) is 8.84. The fourth-order valence-electron chi connectivity index (χ4n) is 1.22. The second-order valence-electron chi connectivity index (χ2n) is 3.13. The summed E-state index contributed by atoms with van der Waals surface area (Å²) in [6, 6.07) is 5.45. The molecular weight excluding hydrogens is 305 g/mol. The Labute approximate surface area is 103 Å². The van der Waals surface area contributed by atoms with E-state index in [1.807, 2.05) is 13.0 Å². The van der Waals surface area contributed by atoms with Gasteiger partial charge < -0.3 is 10.1 Å². The van der Waals surface area contributed by atoms with Gasteiger partial charge in [-0.1, -0.05) is 28.7 Å². The molecule has 0 bridgehead atoms. The highest BCUT2D eigenvalue weighted by Gasteiger charge is 2.07. The molecule has 1 aromatic rings. The molecule has 1 aromatic carbocycles. The van der Waals surface area contributed by atoms with Gasteiger partial charge in [0.15, 0.2) is 0 Å². The van der Waals surface area contributed by atoms with Crippen molar-refractivity contribution >= 4 is 28.5 Å². The topological polar surface area (TPSA) is 38.3 Å². The maximum Gasteiger partial charge on any atom is 0.251 e. The number of carbonyl (C=O) groups is 1. The van der Waals surface area contributed by atoms with Crippen molar-refractivity contribution in [3.63, 3.8) is 0 Å². The van der Waals surface area contributed by atoms with Gasteiger partial charge in [0.2, 0.25) is 0 Å². The monoisotopic (exact) mass is 319 g/mol. The van der Waals surface area contributed by atoms with Crippen LogP contribution in [0.15, 0.2) is 18.2 Å². The van der Waals surface area contributed by atoms with E-state index in [9.17, 15) is 4.79 Å². The van der Waals surface area contributed by atoms with Crippen LogP contribution in [0.5, 0.6) is 5.75 Å². The number of nitrogens with one attached hydrogen (secondary N) is 1. The highest BCUT2D eigenvalue weighted by Crippen LogP contribution is 2.18. The summed E-state index contributed by atoms with van der Waals surface area (Å²) < 4.78 is 6.07. The number of ether oxygens (including phenoxy) is 1. The molecule has 0 aliphatic rings. The summed E-state index contributed by atoms with van der Waals surface area (Å²) in [5.74, 6) is 0.696. The second-order valence-corrected chi connectivity index (χ2v) is 4.21. The lowest BCUT2D eigenvalue weighted by Crippen LogP contribution is -2.25. The molecule has 1 N–H and O–H groups in total. The van der Waals surface area contributed by atoms with Gasteiger partial charge in [0, 0.05) is 16.5 Å². The molecule has 0 aliphatic heterocycles. The van der Waals surface area contributed by atoms with E-state index in [1.54, 1.807) is 19.2 Å². The van der Waals surface area contributed by atoms with Crippen molar-refractivity contribution < 1.29 is 9.53 Å². The van der Waals surface area contributed by atoms with Crippen LogP contribution in [0, 0.1) is 6.92 Å². The van der Waals surface area contributed by atoms with Crippen molar-refractivity contribution in [1.29, 1.82) is 0 Å². The van der Waals surface area contributed by atoms with E-state index in [2.05, 4.69) is 27.9 Å². The SMILES string of the molecule is COc1cc(C(=O)NCCI)ccc1C. The lowest BCUT2D eigenvalue weighted by Gasteiger charge is -2.07. The summed E-state index contributed by atoms with van der Waals surface area (Å²) in [6.45, 7) is 2.64. The number of hydrogen-bond donors (Lipinski definition) is 1. The van der Waals surface area contributed by atoms with Crippen molar-refractivity contribution in [2.45, 2.75) is 6.92 Å². The molecule has 4 heteroatoms. The Morgan fingerprint density at radius 2 is 2.27 bits per heavy atom. The van der Waals surface area contributed by atoms with Crippen molar-refractivity contribution in [1.82, 2.24) is 5.32 Å². The van der Waals surface area contributed by atoms with E-state index >= 15 is 0 Å². The van der Waals surface area contributed by atoms with E-state index in [0.717, 1.165) is 15.7 Å². The van der Waals surface area contributed by atoms with Gasteiger partial charge in [0.05, 0.1) is 7.11 Å². The first-order chi connectivity index (χ1) is 7.19. The van der Waals surface area contributed by atoms with Gasteiger partial charge in [-0.2, -0.15) is 0 Å². The molecular formula is C11H14INO2. The summed E-state index contributed by atoms with van der Waals surface area (Å²) in [6.07, 6.45) is 0. The lowest BCUT2D eigenvalue weighted by atomic mass is 10.1. The summed E-state index contributed by atoms with van der Waals surface area (Å²) in [7, 11) is 1.61. The van der Waals surface area contributed by atoms with Gasteiger partial charge in [-0.05, 0) is 24.6 Å². The highest BCUT2D eigenvalue weighted by atomic mass is 127. The molecule has 82 valence electrons. The average Bonchev–Trinajstić information content (AvgIpc) is 2.26. The zero-order chi connectivity index (χ0) is 11.3. The predicted octanol–water partition coefficient (Wildman–Crippen LogP) is 2.17. The number of alkyl halides is 1. The fourth-order valence-corrected chi connectivity index (χ4v) is 1.49. The molecule has 0 saturated heterocycles. The van der Waals surface area contributed by atoms with Crippen molar-refractivity contribution in [2.75, 3.05) is 18.1 Å². The third kappa shape index (κ3) is 3.37. The molecule has 0 unspecified atom stereocenters. The Bertz CT molecular complexity index is 352. The minimum absolute atomic E-state index is 0.0510. The van der Waals surface area contributed by atoms with Gasteiger partial charge >= 0.3 is 0 Å². The Balaban J connectivity index is 2.81. The number of methoxy groups -OCH3 is 1. The summed E-state index contributed by atoms with van der Waals surface area (Å²) >= 11 is 2.22. The number of benzene rings is 1. The Morgan fingerprint density at radius 1 is 1.53 bits per heavy atom. The maximum atomic E-state index is 11.6. The molecule has 3 nitrogen and oxygen atoms in total. The minimum Gasteiger partial charge on any atom is -0.496 e. The molecule has 0 saturated carbocycles. The number of carbonyl (C=O) groups excluding carboxylic acids is 1. The van der Waals surface area contributed by atoms with Crippen LogP contribution in [0.25, 0.3) is 0 Å². The third-order valence-corrected chi connectivity index (χ3v) is 2.59. The van der Waals surface area contributed by atoms with Crippen LogP contribution >= 0.6 is 22.6 Å². The fraction of sp³-hybridized carbons (Fsp3) is 0.364. The molecule has 0 spiro atoms. The second kappa shape index (κ2) is 5.95.